The molecule has 1 unspecified atom stereocenters. The van der Waals surface area contributed by atoms with E-state index in [0.29, 0.717) is 12.5 Å². The molecule has 0 aromatic heterocycles. The maximum Gasteiger partial charge on any atom is 0.241 e. The Hall–Kier alpha value is -1.82. The maximum atomic E-state index is 12.0. The van der Waals surface area contributed by atoms with Gasteiger partial charge in [-0.05, 0) is 24.3 Å². The van der Waals surface area contributed by atoms with Crippen molar-refractivity contribution in [3.8, 4) is 6.07 Å². The third-order valence-corrected chi connectivity index (χ3v) is 3.56. The maximum absolute atomic E-state index is 12.0. The van der Waals surface area contributed by atoms with Gasteiger partial charge < -0.3 is 5.32 Å². The Labute approximate surface area is 108 Å². The van der Waals surface area contributed by atoms with E-state index in [1.807, 2.05) is 30.3 Å². The number of nitriles is 1. The number of amides is 1. The van der Waals surface area contributed by atoms with Crippen molar-refractivity contribution < 1.29 is 4.79 Å². The normalized spacial score (nSPS) is 17.1. The van der Waals surface area contributed by atoms with E-state index in [2.05, 4.69) is 11.4 Å². The van der Waals surface area contributed by atoms with Crippen molar-refractivity contribution in [3.63, 3.8) is 0 Å². The second-order valence-corrected chi connectivity index (χ2v) is 4.87. The Morgan fingerprint density at radius 3 is 2.61 bits per heavy atom. The van der Waals surface area contributed by atoms with Crippen LogP contribution in [0.5, 0.6) is 0 Å². The molecule has 1 N–H and O–H groups in total. The van der Waals surface area contributed by atoms with Crippen LogP contribution in [0.15, 0.2) is 30.3 Å². The smallest absolute Gasteiger partial charge is 0.241 e. The van der Waals surface area contributed by atoms with Crippen molar-refractivity contribution in [2.24, 2.45) is 5.92 Å². The van der Waals surface area contributed by atoms with Crippen LogP contribution in [0.1, 0.15) is 37.2 Å². The van der Waals surface area contributed by atoms with Crippen molar-refractivity contribution in [1.29, 1.82) is 5.26 Å². The molecule has 2 rings (SSSR count). The molecular weight excluding hydrogens is 224 g/mol. The van der Waals surface area contributed by atoms with Crippen LogP contribution in [0.3, 0.4) is 0 Å². The lowest BCUT2D eigenvalue weighted by molar-refractivity contribution is -0.121. The van der Waals surface area contributed by atoms with Gasteiger partial charge in [-0.2, -0.15) is 5.26 Å². The highest BCUT2D eigenvalue weighted by atomic mass is 16.1. The van der Waals surface area contributed by atoms with E-state index in [0.717, 1.165) is 5.56 Å². The van der Waals surface area contributed by atoms with Gasteiger partial charge in [0.2, 0.25) is 5.91 Å². The van der Waals surface area contributed by atoms with Crippen LogP contribution in [-0.4, -0.2) is 12.5 Å². The molecule has 0 radical (unpaired) electrons. The average molecular weight is 242 g/mol. The van der Waals surface area contributed by atoms with Crippen molar-refractivity contribution in [2.45, 2.75) is 31.6 Å². The lowest BCUT2D eigenvalue weighted by atomic mass is 9.99. The standard InChI is InChI=1S/C15H18N2O/c16-10-14(13-8-2-1-3-9-13)15(18)17-11-12-6-4-5-7-12/h1-3,8-9,12,14H,4-7,11H2,(H,17,18). The van der Waals surface area contributed by atoms with Gasteiger partial charge in [0, 0.05) is 6.54 Å². The minimum Gasteiger partial charge on any atom is -0.354 e. The Kier molecular flexibility index (Phi) is 4.35. The van der Waals surface area contributed by atoms with Gasteiger partial charge in [-0.1, -0.05) is 43.2 Å². The number of hydrogen-bond donors (Lipinski definition) is 1. The molecule has 1 aromatic rings. The molecule has 1 amide bonds. The highest BCUT2D eigenvalue weighted by molar-refractivity contribution is 5.86. The monoisotopic (exact) mass is 242 g/mol. The predicted octanol–water partition coefficient (Wildman–Crippen LogP) is 2.60. The lowest BCUT2D eigenvalue weighted by Crippen LogP contribution is -2.32. The summed E-state index contributed by atoms with van der Waals surface area (Å²) in [6, 6.07) is 11.3. The average Bonchev–Trinajstić information content (AvgIpc) is 2.92. The molecule has 1 fully saturated rings. The van der Waals surface area contributed by atoms with Crippen molar-refractivity contribution in [1.82, 2.24) is 5.32 Å². The van der Waals surface area contributed by atoms with Gasteiger partial charge in [0.1, 0.15) is 5.92 Å². The molecule has 0 saturated heterocycles. The van der Waals surface area contributed by atoms with Crippen molar-refractivity contribution in [3.05, 3.63) is 35.9 Å². The zero-order valence-electron chi connectivity index (χ0n) is 10.4. The summed E-state index contributed by atoms with van der Waals surface area (Å²) in [5, 5.41) is 12.0. The number of nitrogens with one attached hydrogen (secondary N) is 1. The van der Waals surface area contributed by atoms with E-state index in [1.165, 1.54) is 25.7 Å². The Morgan fingerprint density at radius 1 is 1.33 bits per heavy atom. The topological polar surface area (TPSA) is 52.9 Å². The molecule has 0 aliphatic heterocycles. The number of hydrogen-bond acceptors (Lipinski definition) is 2. The summed E-state index contributed by atoms with van der Waals surface area (Å²) in [6.45, 7) is 0.712. The van der Waals surface area contributed by atoms with E-state index < -0.39 is 5.92 Å². The quantitative estimate of drug-likeness (QED) is 0.882. The van der Waals surface area contributed by atoms with Gasteiger partial charge in [-0.15, -0.1) is 0 Å². The number of carbonyl (C=O) groups is 1. The molecule has 3 nitrogen and oxygen atoms in total. The summed E-state index contributed by atoms with van der Waals surface area (Å²) in [7, 11) is 0. The van der Waals surface area contributed by atoms with Gasteiger partial charge in [-0.3, -0.25) is 4.79 Å². The summed E-state index contributed by atoms with van der Waals surface area (Å²) in [6.07, 6.45) is 4.92. The second-order valence-electron chi connectivity index (χ2n) is 4.87. The number of nitrogens with zero attached hydrogens (tertiary/aromatic N) is 1. The molecule has 1 aromatic carbocycles. The van der Waals surface area contributed by atoms with Crippen LogP contribution < -0.4 is 5.32 Å². The van der Waals surface area contributed by atoms with Crippen LogP contribution in [0, 0.1) is 17.2 Å². The van der Waals surface area contributed by atoms with Crippen molar-refractivity contribution >= 4 is 5.91 Å². The zero-order valence-corrected chi connectivity index (χ0v) is 10.4. The Morgan fingerprint density at radius 2 is 2.00 bits per heavy atom. The Bertz CT molecular complexity index is 430. The van der Waals surface area contributed by atoms with Crippen LogP contribution in [0.2, 0.25) is 0 Å². The largest absolute Gasteiger partial charge is 0.354 e. The lowest BCUT2D eigenvalue weighted by Gasteiger charge is -2.13. The van der Waals surface area contributed by atoms with Crippen molar-refractivity contribution in [2.75, 3.05) is 6.54 Å². The van der Waals surface area contributed by atoms with Gasteiger partial charge in [0.15, 0.2) is 0 Å². The highest BCUT2D eigenvalue weighted by Crippen LogP contribution is 2.24. The first-order valence-corrected chi connectivity index (χ1v) is 6.53. The molecule has 0 bridgehead atoms. The van der Waals surface area contributed by atoms with Gasteiger partial charge in [0.25, 0.3) is 0 Å². The molecule has 0 spiro atoms. The van der Waals surface area contributed by atoms with Crippen LogP contribution >= 0.6 is 0 Å². The molecule has 94 valence electrons. The molecule has 1 aliphatic carbocycles. The van der Waals surface area contributed by atoms with Crippen LogP contribution in [0.25, 0.3) is 0 Å². The van der Waals surface area contributed by atoms with E-state index in [-0.39, 0.29) is 5.91 Å². The molecule has 1 aliphatic rings. The van der Waals surface area contributed by atoms with E-state index in [4.69, 9.17) is 5.26 Å². The fraction of sp³-hybridized carbons (Fsp3) is 0.467. The zero-order chi connectivity index (χ0) is 12.8. The number of benzene rings is 1. The van der Waals surface area contributed by atoms with Gasteiger partial charge in [0.05, 0.1) is 6.07 Å². The third kappa shape index (κ3) is 3.10. The van der Waals surface area contributed by atoms with E-state index in [1.54, 1.807) is 0 Å². The fourth-order valence-corrected chi connectivity index (χ4v) is 2.49. The molecular formula is C15H18N2O. The first-order valence-electron chi connectivity index (χ1n) is 6.53. The molecule has 0 heterocycles. The first kappa shape index (κ1) is 12.6. The van der Waals surface area contributed by atoms with Crippen LogP contribution in [-0.2, 0) is 4.79 Å². The van der Waals surface area contributed by atoms with Gasteiger partial charge >= 0.3 is 0 Å². The third-order valence-electron chi connectivity index (χ3n) is 3.56. The summed E-state index contributed by atoms with van der Waals surface area (Å²) >= 11 is 0. The summed E-state index contributed by atoms with van der Waals surface area (Å²) in [5.41, 5.74) is 0.768. The Balaban J connectivity index is 1.92. The second kappa shape index (κ2) is 6.20. The predicted molar refractivity (Wildman–Crippen MR) is 69.8 cm³/mol. The highest BCUT2D eigenvalue weighted by Gasteiger charge is 2.21. The molecule has 1 atom stereocenters. The first-order chi connectivity index (χ1) is 8.81. The molecule has 1 saturated carbocycles. The minimum atomic E-state index is -0.687. The van der Waals surface area contributed by atoms with E-state index >= 15 is 0 Å². The summed E-state index contributed by atoms with van der Waals surface area (Å²) in [5.74, 6) is -0.257. The summed E-state index contributed by atoms with van der Waals surface area (Å²) in [4.78, 5) is 12.0. The van der Waals surface area contributed by atoms with Gasteiger partial charge in [-0.25, -0.2) is 0 Å². The SMILES string of the molecule is N#CC(C(=O)NCC1CCCC1)c1ccccc1. The summed E-state index contributed by atoms with van der Waals surface area (Å²) < 4.78 is 0. The van der Waals surface area contributed by atoms with Crippen LogP contribution in [0.4, 0.5) is 0 Å². The number of carbonyl (C=O) groups excluding carboxylic acids is 1. The molecule has 3 heteroatoms. The number of rotatable bonds is 4. The molecule has 18 heavy (non-hydrogen) atoms. The fourth-order valence-electron chi connectivity index (χ4n) is 2.49. The minimum absolute atomic E-state index is 0.171. The van der Waals surface area contributed by atoms with E-state index in [9.17, 15) is 4.79 Å².